The van der Waals surface area contributed by atoms with E-state index in [0.717, 1.165) is 11.4 Å². The molecule has 3 N–H and O–H groups in total. The van der Waals surface area contributed by atoms with Crippen molar-refractivity contribution >= 4 is 104 Å². The van der Waals surface area contributed by atoms with Crippen molar-refractivity contribution in [1.29, 1.82) is 0 Å². The zero-order valence-electron chi connectivity index (χ0n) is 13.6. The summed E-state index contributed by atoms with van der Waals surface area (Å²) in [5.41, 5.74) is 4.99. The van der Waals surface area contributed by atoms with E-state index in [2.05, 4.69) is 16.1 Å². The second kappa shape index (κ2) is 13.4. The molecule has 3 aromatic carbocycles. The van der Waals surface area contributed by atoms with Gasteiger partial charge in [-0.3, -0.25) is 0 Å². The molecule has 5 nitrogen and oxygen atoms in total. The van der Waals surface area contributed by atoms with E-state index in [4.69, 9.17) is 4.84 Å². The number of nitrogens with one attached hydrogen (secondary N) is 3. The molecule has 0 heterocycles. The van der Waals surface area contributed by atoms with Gasteiger partial charge in [-0.15, -0.1) is 0 Å². The van der Waals surface area contributed by atoms with Crippen LogP contribution in [-0.4, -0.2) is 93.1 Å². The summed E-state index contributed by atoms with van der Waals surface area (Å²) >= 11 is 0. The molecular formula is C20H21KN3NaO2. The van der Waals surface area contributed by atoms with Crippen molar-refractivity contribution in [1.82, 2.24) is 0 Å². The minimum absolute atomic E-state index is 0. The van der Waals surface area contributed by atoms with Gasteiger partial charge in [-0.1, -0.05) is 54.6 Å². The second-order valence-electron chi connectivity index (χ2n) is 5.34. The summed E-state index contributed by atoms with van der Waals surface area (Å²) < 4.78 is 0. The number of para-hydroxylation sites is 3. The predicted molar refractivity (Wildman–Crippen MR) is 114 cm³/mol. The maximum absolute atomic E-state index is 12.5. The predicted octanol–water partition coefficient (Wildman–Crippen LogP) is 2.81. The summed E-state index contributed by atoms with van der Waals surface area (Å²) in [6.45, 7) is 0. The van der Waals surface area contributed by atoms with Gasteiger partial charge in [-0.05, 0) is 36.4 Å². The van der Waals surface area contributed by atoms with E-state index in [9.17, 15) is 4.79 Å². The molecule has 0 aliphatic carbocycles. The summed E-state index contributed by atoms with van der Waals surface area (Å²) in [6, 6.07) is 28.2. The molecule has 0 aliphatic rings. The third kappa shape index (κ3) is 8.37. The minimum atomic E-state index is -0.749. The van der Waals surface area contributed by atoms with E-state index < -0.39 is 12.1 Å². The van der Waals surface area contributed by atoms with Gasteiger partial charge in [0.25, 0.3) is 0 Å². The van der Waals surface area contributed by atoms with E-state index in [-0.39, 0.29) is 80.9 Å². The second-order valence-corrected chi connectivity index (χ2v) is 5.34. The first-order valence-electron chi connectivity index (χ1n) is 7.96. The number of rotatable bonds is 7. The molecule has 0 aliphatic heterocycles. The van der Waals surface area contributed by atoms with Crippen molar-refractivity contribution in [3.8, 4) is 0 Å². The Hall–Kier alpha value is -0.834. The summed E-state index contributed by atoms with van der Waals surface area (Å²) in [4.78, 5) is 17.7. The molecule has 0 unspecified atom stereocenters. The van der Waals surface area contributed by atoms with Crippen molar-refractivity contribution < 1.29 is 9.63 Å². The van der Waals surface area contributed by atoms with Gasteiger partial charge in [0.2, 0.25) is 0 Å². The quantitative estimate of drug-likeness (QED) is 0.325. The van der Waals surface area contributed by atoms with Crippen LogP contribution in [0, 0.1) is 0 Å². The molecule has 0 bridgehead atoms. The van der Waals surface area contributed by atoms with Crippen LogP contribution in [0.25, 0.3) is 0 Å². The standard InChI is InChI=1S/C20H19N3O2.K.Na.2H/c24-20(25-23-18-14-8-3-9-15-18)19(21-16-10-4-1-5-11-16)22-17-12-6-2-7-13-17;;;;/h1-15,19,21-23H;;;;. The van der Waals surface area contributed by atoms with Crippen LogP contribution in [0.2, 0.25) is 0 Å². The van der Waals surface area contributed by atoms with Gasteiger partial charge >= 0.3 is 86.9 Å². The molecule has 7 heteroatoms. The van der Waals surface area contributed by atoms with Crippen LogP contribution in [0.3, 0.4) is 0 Å². The normalized spacial score (nSPS) is 9.37. The fourth-order valence-electron chi connectivity index (χ4n) is 2.23. The fraction of sp³-hybridized carbons (Fsp3) is 0.0500. The molecule has 3 rings (SSSR count). The van der Waals surface area contributed by atoms with Crippen molar-refractivity contribution in [3.63, 3.8) is 0 Å². The van der Waals surface area contributed by atoms with E-state index >= 15 is 0 Å². The number of hydrogen-bond donors (Lipinski definition) is 3. The van der Waals surface area contributed by atoms with Gasteiger partial charge in [0.1, 0.15) is 0 Å². The van der Waals surface area contributed by atoms with Gasteiger partial charge < -0.3 is 15.5 Å². The average molecular weight is 397 g/mol. The first kappa shape index (κ1) is 24.2. The number of anilines is 3. The Balaban J connectivity index is 0.00000182. The Kier molecular flexibility index (Phi) is 12.0. The summed E-state index contributed by atoms with van der Waals surface area (Å²) in [7, 11) is 0. The molecule has 0 saturated heterocycles. The molecule has 0 saturated carbocycles. The summed E-state index contributed by atoms with van der Waals surface area (Å²) in [5.74, 6) is -0.475. The zero-order valence-corrected chi connectivity index (χ0v) is 13.6. The molecule has 130 valence electrons. The Labute approximate surface area is 223 Å². The first-order valence-corrected chi connectivity index (χ1v) is 7.96. The van der Waals surface area contributed by atoms with Crippen molar-refractivity contribution in [2.45, 2.75) is 6.17 Å². The van der Waals surface area contributed by atoms with Gasteiger partial charge in [0.15, 0.2) is 6.17 Å². The molecule has 27 heavy (non-hydrogen) atoms. The number of carbonyl (C=O) groups is 1. The Morgan fingerprint density at radius 2 is 1.04 bits per heavy atom. The van der Waals surface area contributed by atoms with Crippen LogP contribution >= 0.6 is 0 Å². The molecule has 0 atom stereocenters. The fourth-order valence-corrected chi connectivity index (χ4v) is 2.23. The van der Waals surface area contributed by atoms with Crippen LogP contribution in [0.5, 0.6) is 0 Å². The first-order chi connectivity index (χ1) is 12.3. The molecule has 3 aromatic rings. The molecule has 0 fully saturated rings. The average Bonchev–Trinajstić information content (AvgIpc) is 2.68. The van der Waals surface area contributed by atoms with Gasteiger partial charge in [-0.2, -0.15) is 0 Å². The van der Waals surface area contributed by atoms with E-state index in [1.54, 1.807) is 0 Å². The molecule has 0 spiro atoms. The summed E-state index contributed by atoms with van der Waals surface area (Å²) in [5, 5.41) is 6.28. The van der Waals surface area contributed by atoms with Gasteiger partial charge in [-0.25, -0.2) is 10.3 Å². The molecule has 0 aromatic heterocycles. The van der Waals surface area contributed by atoms with Crippen molar-refractivity contribution in [3.05, 3.63) is 91.0 Å². The van der Waals surface area contributed by atoms with Gasteiger partial charge in [0.05, 0.1) is 5.69 Å². The zero-order chi connectivity index (χ0) is 17.3. The Morgan fingerprint density at radius 3 is 1.44 bits per heavy atom. The summed E-state index contributed by atoms with van der Waals surface area (Å²) in [6.07, 6.45) is -0.749. The van der Waals surface area contributed by atoms with Crippen LogP contribution < -0.4 is 16.1 Å². The molecule has 0 radical (unpaired) electrons. The third-order valence-electron chi connectivity index (χ3n) is 3.45. The topological polar surface area (TPSA) is 62.4 Å². The van der Waals surface area contributed by atoms with Crippen molar-refractivity contribution in [2.24, 2.45) is 0 Å². The maximum atomic E-state index is 12.5. The van der Waals surface area contributed by atoms with Gasteiger partial charge in [0, 0.05) is 11.4 Å². The van der Waals surface area contributed by atoms with E-state index in [1.807, 2.05) is 91.0 Å². The molecular weight excluding hydrogens is 376 g/mol. The Bertz CT molecular complexity index is 751. The van der Waals surface area contributed by atoms with E-state index in [1.165, 1.54) is 0 Å². The SMILES string of the molecule is O=C(ONc1ccccc1)C(Nc1ccccc1)Nc1ccccc1.[KH].[NaH]. The third-order valence-corrected chi connectivity index (χ3v) is 3.45. The van der Waals surface area contributed by atoms with Crippen LogP contribution in [0.1, 0.15) is 0 Å². The number of benzene rings is 3. The molecule has 0 amide bonds. The van der Waals surface area contributed by atoms with Crippen molar-refractivity contribution in [2.75, 3.05) is 16.1 Å². The number of carbonyl (C=O) groups excluding carboxylic acids is 1. The monoisotopic (exact) mass is 397 g/mol. The van der Waals surface area contributed by atoms with Crippen LogP contribution in [0.4, 0.5) is 17.1 Å². The Morgan fingerprint density at radius 1 is 0.667 bits per heavy atom. The van der Waals surface area contributed by atoms with Crippen LogP contribution in [0.15, 0.2) is 91.0 Å². The van der Waals surface area contributed by atoms with E-state index in [0.29, 0.717) is 5.69 Å². The number of hydrogen-bond acceptors (Lipinski definition) is 5. The van der Waals surface area contributed by atoms with Crippen LogP contribution in [-0.2, 0) is 9.63 Å².